The lowest BCUT2D eigenvalue weighted by Crippen LogP contribution is -2.45. The molecule has 0 aliphatic heterocycles. The summed E-state index contributed by atoms with van der Waals surface area (Å²) in [5.41, 5.74) is 0. The lowest BCUT2D eigenvalue weighted by molar-refractivity contribution is -0.870. The lowest BCUT2D eigenvalue weighted by atomic mass is 10.1. The summed E-state index contributed by atoms with van der Waals surface area (Å²) < 4.78 is 23.3. The average molecular weight is 754 g/mol. The van der Waals surface area contributed by atoms with Crippen LogP contribution in [0.1, 0.15) is 117 Å². The summed E-state index contributed by atoms with van der Waals surface area (Å²) in [7, 11) is 1.39. The van der Waals surface area contributed by atoms with E-state index >= 15 is 0 Å². The van der Waals surface area contributed by atoms with Crippen LogP contribution in [0.25, 0.3) is 0 Å². The van der Waals surface area contributed by atoms with E-state index in [2.05, 4.69) is 31.3 Å². The number of hydrogen-bond donors (Lipinski definition) is 5. The van der Waals surface area contributed by atoms with Crippen LogP contribution in [0.15, 0.2) is 72.9 Å². The Kier molecular flexibility index (Phi) is 31.0. The average Bonchev–Trinajstić information content (AvgIpc) is 3.07. The quantitative estimate of drug-likeness (QED) is 0.0149. The topological polar surface area (TPSA) is 146 Å². The van der Waals surface area contributed by atoms with Crippen molar-refractivity contribution in [2.75, 3.05) is 40.9 Å². The van der Waals surface area contributed by atoms with Gasteiger partial charge in [-0.05, 0) is 51.4 Å². The summed E-state index contributed by atoms with van der Waals surface area (Å²) in [5, 5.41) is 33.8. The van der Waals surface area contributed by atoms with Gasteiger partial charge in [0.2, 0.25) is 5.91 Å². The number of quaternary nitrogens is 1. The van der Waals surface area contributed by atoms with Crippen molar-refractivity contribution < 1.29 is 43.1 Å². The molecule has 300 valence electrons. The summed E-state index contributed by atoms with van der Waals surface area (Å²) in [5.74, 6) is -0.368. The highest BCUT2D eigenvalue weighted by atomic mass is 31.2. The number of nitrogens with one attached hydrogen (secondary N) is 1. The van der Waals surface area contributed by atoms with Crippen LogP contribution in [-0.4, -0.2) is 95.9 Å². The number of aliphatic hydroxyl groups is 3. The first-order valence-electron chi connectivity index (χ1n) is 19.5. The summed E-state index contributed by atoms with van der Waals surface area (Å²) in [4.78, 5) is 23.0. The van der Waals surface area contributed by atoms with Crippen LogP contribution in [-0.2, 0) is 18.4 Å². The maximum absolute atomic E-state index is 12.8. The van der Waals surface area contributed by atoms with Crippen molar-refractivity contribution in [3.05, 3.63) is 72.9 Å². The van der Waals surface area contributed by atoms with Crippen molar-refractivity contribution in [3.8, 4) is 0 Å². The van der Waals surface area contributed by atoms with Crippen molar-refractivity contribution in [3.63, 3.8) is 0 Å². The molecule has 1 unspecified atom stereocenters. The summed E-state index contributed by atoms with van der Waals surface area (Å²) in [6, 6.07) is -0.972. The first-order valence-corrected chi connectivity index (χ1v) is 21.0. The third-order valence-electron chi connectivity index (χ3n) is 8.11. The Morgan fingerprint density at radius 3 is 1.92 bits per heavy atom. The number of unbranched alkanes of at least 4 members (excludes halogenated alkanes) is 8. The molecule has 0 rings (SSSR count). The van der Waals surface area contributed by atoms with Crippen molar-refractivity contribution in [1.29, 1.82) is 0 Å². The van der Waals surface area contributed by atoms with Gasteiger partial charge in [0.25, 0.3) is 0 Å². The molecule has 5 N–H and O–H groups in total. The number of likely N-dealkylation sites (N-methyl/N-ethyl adjacent to an activating group) is 1. The van der Waals surface area contributed by atoms with Crippen molar-refractivity contribution in [2.24, 2.45) is 0 Å². The van der Waals surface area contributed by atoms with Crippen LogP contribution in [0.3, 0.4) is 0 Å². The molecule has 0 aromatic heterocycles. The van der Waals surface area contributed by atoms with Crippen LogP contribution >= 0.6 is 7.82 Å². The van der Waals surface area contributed by atoms with E-state index in [1.807, 2.05) is 57.6 Å². The van der Waals surface area contributed by atoms with E-state index in [0.29, 0.717) is 36.7 Å². The van der Waals surface area contributed by atoms with Gasteiger partial charge in [-0.25, -0.2) is 4.57 Å². The third-order valence-corrected chi connectivity index (χ3v) is 9.09. The van der Waals surface area contributed by atoms with Crippen LogP contribution < -0.4 is 5.32 Å². The minimum Gasteiger partial charge on any atom is -0.389 e. The monoisotopic (exact) mass is 754 g/mol. The first-order chi connectivity index (χ1) is 24.8. The van der Waals surface area contributed by atoms with E-state index in [0.717, 1.165) is 38.5 Å². The number of hydrogen-bond acceptors (Lipinski definition) is 7. The van der Waals surface area contributed by atoms with Gasteiger partial charge in [0.05, 0.1) is 52.1 Å². The molecule has 1 amide bonds. The summed E-state index contributed by atoms with van der Waals surface area (Å²) in [6.45, 7) is 4.43. The molecule has 0 saturated heterocycles. The van der Waals surface area contributed by atoms with Gasteiger partial charge in [0, 0.05) is 6.42 Å². The molecule has 0 spiro atoms. The normalized spacial score (nSPS) is 16.6. The molecule has 52 heavy (non-hydrogen) atoms. The molecular weight excluding hydrogens is 679 g/mol. The van der Waals surface area contributed by atoms with E-state index in [4.69, 9.17) is 9.05 Å². The molecule has 0 heterocycles. The van der Waals surface area contributed by atoms with E-state index < -0.39 is 38.8 Å². The molecule has 0 aromatic rings. The molecule has 0 aromatic carbocycles. The van der Waals surface area contributed by atoms with Crippen molar-refractivity contribution in [2.45, 2.75) is 141 Å². The lowest BCUT2D eigenvalue weighted by Gasteiger charge is -2.25. The summed E-state index contributed by atoms with van der Waals surface area (Å²) >= 11 is 0. The fraction of sp³-hybridized carbons (Fsp3) is 0.683. The molecule has 11 heteroatoms. The van der Waals surface area contributed by atoms with Crippen LogP contribution in [0.2, 0.25) is 0 Å². The molecule has 10 nitrogen and oxygen atoms in total. The number of carbonyl (C=O) groups is 1. The fourth-order valence-corrected chi connectivity index (χ4v) is 5.59. The van der Waals surface area contributed by atoms with E-state index in [1.54, 1.807) is 24.3 Å². The van der Waals surface area contributed by atoms with Crippen LogP contribution in [0, 0.1) is 0 Å². The number of aliphatic hydroxyl groups excluding tert-OH is 3. The standard InChI is InChI=1S/C41H73N2O8P/c1-6-8-10-11-12-13-14-15-19-22-26-32-40(46)39(36-51-52(48,49)50-35-34-43(3,4)5)42-41(47)33-27-31-38(45)30-25-21-18-16-17-20-24-29-37(44)28-23-9-7-2/h14-15,17-18,20-21,24-26,29-30,32,37-40,44-46H,6-13,16,19,22-23,27-28,31,33-36H2,1-5H3,(H-,42,47,48,49)/p+1/b15-14-,20-17-,21-18-,29-24+,30-25+,32-26+/t37-,38-,39+,40-/m1/s1. The predicted octanol–water partition coefficient (Wildman–Crippen LogP) is 8.01. The highest BCUT2D eigenvalue weighted by Crippen LogP contribution is 2.43. The van der Waals surface area contributed by atoms with Gasteiger partial charge >= 0.3 is 7.82 Å². The maximum Gasteiger partial charge on any atom is 0.472 e. The van der Waals surface area contributed by atoms with Gasteiger partial charge in [-0.15, -0.1) is 0 Å². The molecule has 0 fully saturated rings. The highest BCUT2D eigenvalue weighted by molar-refractivity contribution is 7.47. The van der Waals surface area contributed by atoms with Gasteiger partial charge in [0.15, 0.2) is 0 Å². The number of nitrogens with zero attached hydrogens (tertiary/aromatic N) is 1. The predicted molar refractivity (Wildman–Crippen MR) is 215 cm³/mol. The van der Waals surface area contributed by atoms with Crippen LogP contribution in [0.5, 0.6) is 0 Å². The fourth-order valence-electron chi connectivity index (χ4n) is 4.86. The molecule has 0 aliphatic rings. The smallest absolute Gasteiger partial charge is 0.389 e. The van der Waals surface area contributed by atoms with Gasteiger partial charge in [-0.2, -0.15) is 0 Å². The Morgan fingerprint density at radius 2 is 1.29 bits per heavy atom. The second kappa shape index (κ2) is 32.3. The number of phosphoric ester groups is 1. The molecule has 5 atom stereocenters. The third kappa shape index (κ3) is 33.7. The molecule has 0 saturated carbocycles. The minimum absolute atomic E-state index is 0.00923. The largest absolute Gasteiger partial charge is 0.472 e. The molecule has 0 aliphatic carbocycles. The van der Waals surface area contributed by atoms with E-state index in [9.17, 15) is 29.6 Å². The Bertz CT molecular complexity index is 1110. The zero-order valence-corrected chi connectivity index (χ0v) is 33.9. The number of allylic oxidation sites excluding steroid dienone is 9. The number of amides is 1. The number of rotatable bonds is 33. The SMILES string of the molecule is CCCCCCC/C=C\CC/C=C/[C@@H](O)[C@H](COP(=O)(O)OCC[N+](C)(C)C)NC(=O)CCC[C@H](O)/C=C/C=C\C/C=C\C=C\[C@H](O)CCCCC. The Morgan fingerprint density at radius 1 is 0.712 bits per heavy atom. The van der Waals surface area contributed by atoms with Crippen LogP contribution in [0.4, 0.5) is 0 Å². The maximum atomic E-state index is 12.8. The Labute approximate surface area is 316 Å². The Hall–Kier alpha value is -2.14. The molecule has 0 bridgehead atoms. The van der Waals surface area contributed by atoms with Gasteiger partial charge < -0.3 is 30.0 Å². The molecular formula is C41H74N2O8P+. The summed E-state index contributed by atoms with van der Waals surface area (Å²) in [6.07, 6.45) is 34.7. The zero-order valence-electron chi connectivity index (χ0n) is 33.0. The second-order valence-corrected chi connectivity index (χ2v) is 15.8. The van der Waals surface area contributed by atoms with Gasteiger partial charge in [0.1, 0.15) is 13.2 Å². The minimum atomic E-state index is -4.41. The van der Waals surface area contributed by atoms with Gasteiger partial charge in [-0.1, -0.05) is 132 Å². The number of carbonyl (C=O) groups excluding carboxylic acids is 1. The van der Waals surface area contributed by atoms with E-state index in [-0.39, 0.29) is 18.9 Å². The van der Waals surface area contributed by atoms with Crippen molar-refractivity contribution in [1.82, 2.24) is 5.32 Å². The number of phosphoric acid groups is 1. The first kappa shape index (κ1) is 49.9. The van der Waals surface area contributed by atoms with E-state index in [1.165, 1.54) is 32.1 Å². The highest BCUT2D eigenvalue weighted by Gasteiger charge is 2.27. The second-order valence-electron chi connectivity index (χ2n) is 14.3. The Balaban J connectivity index is 4.83. The van der Waals surface area contributed by atoms with Gasteiger partial charge in [-0.3, -0.25) is 13.8 Å². The molecule has 0 radical (unpaired) electrons. The zero-order chi connectivity index (χ0) is 38.9. The van der Waals surface area contributed by atoms with Crippen molar-refractivity contribution >= 4 is 13.7 Å².